The summed E-state index contributed by atoms with van der Waals surface area (Å²) < 4.78 is 0. The van der Waals surface area contributed by atoms with Crippen LogP contribution in [0.1, 0.15) is 18.1 Å². The molecule has 0 fully saturated rings. The molecule has 1 atom stereocenters. The highest BCUT2D eigenvalue weighted by Crippen LogP contribution is 2.07. The van der Waals surface area contributed by atoms with Crippen LogP contribution < -0.4 is 0 Å². The third-order valence-electron chi connectivity index (χ3n) is 1.97. The topological polar surface area (TPSA) is 66.9 Å². The van der Waals surface area contributed by atoms with Gasteiger partial charge in [-0.1, -0.05) is 12.1 Å². The Hall–Kier alpha value is -1.89. The standard InChI is InChI=1S/C10H10N2O2/c1-8(12(13)14)6-9-2-4-10(7-11)5-3-9/h2-5,8H,6H2,1H3. The number of nitrogens with zero attached hydrogens (tertiary/aromatic N) is 2. The lowest BCUT2D eigenvalue weighted by molar-refractivity contribution is -0.517. The molecule has 0 N–H and O–H groups in total. The van der Waals surface area contributed by atoms with E-state index in [1.54, 1.807) is 31.2 Å². The molecule has 0 heterocycles. The first-order valence-electron chi connectivity index (χ1n) is 4.26. The highest BCUT2D eigenvalue weighted by Gasteiger charge is 2.12. The number of nitro groups is 1. The van der Waals surface area contributed by atoms with Crippen LogP contribution in [-0.4, -0.2) is 11.0 Å². The first-order valence-corrected chi connectivity index (χ1v) is 4.26. The lowest BCUT2D eigenvalue weighted by atomic mass is 10.1. The predicted octanol–water partition coefficient (Wildman–Crippen LogP) is 1.77. The van der Waals surface area contributed by atoms with E-state index in [2.05, 4.69) is 0 Å². The number of rotatable bonds is 3. The summed E-state index contributed by atoms with van der Waals surface area (Å²) in [6, 6.07) is 8.25. The minimum atomic E-state index is -0.581. The Morgan fingerprint density at radius 1 is 1.50 bits per heavy atom. The summed E-state index contributed by atoms with van der Waals surface area (Å²) in [4.78, 5) is 10.1. The van der Waals surface area contributed by atoms with E-state index >= 15 is 0 Å². The van der Waals surface area contributed by atoms with Crippen molar-refractivity contribution in [2.45, 2.75) is 19.4 Å². The molecule has 0 radical (unpaired) electrons. The first kappa shape index (κ1) is 10.2. The van der Waals surface area contributed by atoms with E-state index in [1.807, 2.05) is 6.07 Å². The van der Waals surface area contributed by atoms with E-state index in [0.29, 0.717) is 12.0 Å². The molecule has 0 spiro atoms. The van der Waals surface area contributed by atoms with Crippen molar-refractivity contribution in [2.75, 3.05) is 0 Å². The smallest absolute Gasteiger partial charge is 0.214 e. The third kappa shape index (κ3) is 2.56. The van der Waals surface area contributed by atoms with Gasteiger partial charge in [0.25, 0.3) is 0 Å². The quantitative estimate of drug-likeness (QED) is 0.538. The number of hydrogen-bond acceptors (Lipinski definition) is 3. The van der Waals surface area contributed by atoms with Gasteiger partial charge in [0, 0.05) is 18.3 Å². The molecule has 0 saturated carbocycles. The lowest BCUT2D eigenvalue weighted by Gasteiger charge is -2.03. The molecule has 0 aliphatic carbocycles. The molecule has 0 saturated heterocycles. The second-order valence-electron chi connectivity index (χ2n) is 3.15. The number of nitriles is 1. The van der Waals surface area contributed by atoms with Crippen LogP contribution in [-0.2, 0) is 6.42 Å². The second kappa shape index (κ2) is 4.38. The Labute approximate surface area is 81.9 Å². The van der Waals surface area contributed by atoms with Crippen LogP contribution in [0.4, 0.5) is 0 Å². The summed E-state index contributed by atoms with van der Waals surface area (Å²) in [6.07, 6.45) is 0.401. The van der Waals surface area contributed by atoms with Gasteiger partial charge in [0.2, 0.25) is 6.04 Å². The van der Waals surface area contributed by atoms with E-state index in [9.17, 15) is 10.1 Å². The van der Waals surface area contributed by atoms with Crippen LogP contribution in [0, 0.1) is 21.4 Å². The van der Waals surface area contributed by atoms with Gasteiger partial charge in [-0.15, -0.1) is 0 Å². The van der Waals surface area contributed by atoms with Gasteiger partial charge in [-0.2, -0.15) is 5.26 Å². The Morgan fingerprint density at radius 2 is 2.07 bits per heavy atom. The molecule has 14 heavy (non-hydrogen) atoms. The van der Waals surface area contributed by atoms with E-state index in [-0.39, 0.29) is 4.92 Å². The summed E-state index contributed by atoms with van der Waals surface area (Å²) in [5, 5.41) is 18.9. The molecule has 0 aliphatic heterocycles. The molecule has 1 aromatic carbocycles. The molecule has 0 aromatic heterocycles. The van der Waals surface area contributed by atoms with E-state index in [4.69, 9.17) is 5.26 Å². The van der Waals surface area contributed by atoms with E-state index < -0.39 is 6.04 Å². The largest absolute Gasteiger partial charge is 0.264 e. The van der Waals surface area contributed by atoms with Crippen LogP contribution in [0.15, 0.2) is 24.3 Å². The Bertz CT molecular complexity index is 365. The average Bonchev–Trinajstić information content (AvgIpc) is 2.19. The Balaban J connectivity index is 2.70. The van der Waals surface area contributed by atoms with Crippen molar-refractivity contribution in [2.24, 2.45) is 0 Å². The number of benzene rings is 1. The molecule has 1 unspecified atom stereocenters. The molecule has 0 aliphatic rings. The van der Waals surface area contributed by atoms with Gasteiger partial charge in [0.1, 0.15) is 0 Å². The van der Waals surface area contributed by atoms with Gasteiger partial charge in [-0.3, -0.25) is 10.1 Å². The fraction of sp³-hybridized carbons (Fsp3) is 0.300. The van der Waals surface area contributed by atoms with Crippen LogP contribution in [0.25, 0.3) is 0 Å². The van der Waals surface area contributed by atoms with Crippen molar-refractivity contribution in [3.63, 3.8) is 0 Å². The van der Waals surface area contributed by atoms with Crippen molar-refractivity contribution >= 4 is 0 Å². The average molecular weight is 190 g/mol. The summed E-state index contributed by atoms with van der Waals surface area (Å²) in [6.45, 7) is 1.57. The van der Waals surface area contributed by atoms with Crippen LogP contribution >= 0.6 is 0 Å². The van der Waals surface area contributed by atoms with Crippen LogP contribution in [0.3, 0.4) is 0 Å². The number of hydrogen-bond donors (Lipinski definition) is 0. The maximum absolute atomic E-state index is 10.4. The Morgan fingerprint density at radius 3 is 2.50 bits per heavy atom. The van der Waals surface area contributed by atoms with Gasteiger partial charge in [-0.25, -0.2) is 0 Å². The van der Waals surface area contributed by atoms with Crippen molar-refractivity contribution in [3.8, 4) is 6.07 Å². The van der Waals surface area contributed by atoms with E-state index in [1.165, 1.54) is 0 Å². The zero-order valence-electron chi connectivity index (χ0n) is 7.80. The molecular weight excluding hydrogens is 180 g/mol. The summed E-state index contributed by atoms with van der Waals surface area (Å²) in [7, 11) is 0. The minimum absolute atomic E-state index is 0.307. The normalized spacial score (nSPS) is 11.7. The highest BCUT2D eigenvalue weighted by molar-refractivity contribution is 5.31. The molecule has 0 amide bonds. The van der Waals surface area contributed by atoms with Crippen molar-refractivity contribution < 1.29 is 4.92 Å². The second-order valence-corrected chi connectivity index (χ2v) is 3.15. The van der Waals surface area contributed by atoms with Crippen LogP contribution in [0.5, 0.6) is 0 Å². The Kier molecular flexibility index (Phi) is 3.19. The minimum Gasteiger partial charge on any atom is -0.264 e. The van der Waals surface area contributed by atoms with E-state index in [0.717, 1.165) is 5.56 Å². The third-order valence-corrected chi connectivity index (χ3v) is 1.97. The lowest BCUT2D eigenvalue weighted by Crippen LogP contribution is -2.17. The fourth-order valence-corrected chi connectivity index (χ4v) is 1.13. The van der Waals surface area contributed by atoms with Gasteiger partial charge < -0.3 is 0 Å². The highest BCUT2D eigenvalue weighted by atomic mass is 16.6. The summed E-state index contributed by atoms with van der Waals surface area (Å²) >= 11 is 0. The monoisotopic (exact) mass is 190 g/mol. The predicted molar refractivity (Wildman–Crippen MR) is 51.3 cm³/mol. The molecule has 4 nitrogen and oxygen atoms in total. The zero-order chi connectivity index (χ0) is 10.6. The molecule has 1 aromatic rings. The maximum Gasteiger partial charge on any atom is 0.214 e. The molecular formula is C10H10N2O2. The van der Waals surface area contributed by atoms with Crippen molar-refractivity contribution in [1.82, 2.24) is 0 Å². The van der Waals surface area contributed by atoms with Gasteiger partial charge >= 0.3 is 0 Å². The van der Waals surface area contributed by atoms with Gasteiger partial charge in [0.05, 0.1) is 11.6 Å². The summed E-state index contributed by atoms with van der Waals surface area (Å²) in [5.41, 5.74) is 1.45. The molecule has 4 heteroatoms. The molecule has 1 rings (SSSR count). The van der Waals surface area contributed by atoms with Crippen molar-refractivity contribution in [1.29, 1.82) is 5.26 Å². The first-order chi connectivity index (χ1) is 6.63. The fourth-order valence-electron chi connectivity index (χ4n) is 1.13. The van der Waals surface area contributed by atoms with Gasteiger partial charge in [-0.05, 0) is 17.7 Å². The molecule has 72 valence electrons. The SMILES string of the molecule is CC(Cc1ccc(C#N)cc1)[N+](=O)[O-]. The van der Waals surface area contributed by atoms with Crippen molar-refractivity contribution in [3.05, 3.63) is 45.5 Å². The zero-order valence-corrected chi connectivity index (χ0v) is 7.80. The van der Waals surface area contributed by atoms with Crippen LogP contribution in [0.2, 0.25) is 0 Å². The maximum atomic E-state index is 10.4. The van der Waals surface area contributed by atoms with Gasteiger partial charge in [0.15, 0.2) is 0 Å². The summed E-state index contributed by atoms with van der Waals surface area (Å²) in [5.74, 6) is 0. The molecule has 0 bridgehead atoms.